The van der Waals surface area contributed by atoms with E-state index in [0.29, 0.717) is 11.3 Å². The number of ether oxygens (including phenoxy) is 3. The maximum absolute atomic E-state index is 13.9. The summed E-state index contributed by atoms with van der Waals surface area (Å²) in [6.45, 7) is 4.41. The number of rotatable bonds is 6. The van der Waals surface area contributed by atoms with Crippen molar-refractivity contribution >= 4 is 23.2 Å². The SMILES string of the molecule is CCOC(=O)C1C(C)=NC(C)=C(C(=O)[C@@]2(O)CO[C@@H]3[C@@H](O)CO[C@@H]32)C1c1cccc([N+](=O)[O-])c1. The highest BCUT2D eigenvalue weighted by atomic mass is 16.6. The van der Waals surface area contributed by atoms with E-state index in [1.54, 1.807) is 26.8 Å². The number of fused-ring (bicyclic) bond motifs is 1. The van der Waals surface area contributed by atoms with Gasteiger partial charge >= 0.3 is 5.97 Å². The maximum Gasteiger partial charge on any atom is 0.315 e. The van der Waals surface area contributed by atoms with Crippen molar-refractivity contribution in [2.45, 2.75) is 50.6 Å². The zero-order chi connectivity index (χ0) is 24.8. The Morgan fingerprint density at radius 1 is 1.32 bits per heavy atom. The lowest BCUT2D eigenvalue weighted by atomic mass is 9.71. The predicted molar refractivity (Wildman–Crippen MR) is 117 cm³/mol. The number of carbonyl (C=O) groups is 2. The van der Waals surface area contributed by atoms with Crippen LogP contribution in [0.4, 0.5) is 5.69 Å². The second kappa shape index (κ2) is 8.99. The van der Waals surface area contributed by atoms with Crippen LogP contribution in [-0.2, 0) is 23.8 Å². The van der Waals surface area contributed by atoms with Crippen LogP contribution in [0.25, 0.3) is 0 Å². The number of hydrogen-bond acceptors (Lipinski definition) is 10. The molecule has 182 valence electrons. The Balaban J connectivity index is 1.85. The van der Waals surface area contributed by atoms with Crippen molar-refractivity contribution < 1.29 is 38.9 Å². The van der Waals surface area contributed by atoms with Crippen LogP contribution in [0.5, 0.6) is 0 Å². The Morgan fingerprint density at radius 2 is 2.06 bits per heavy atom. The van der Waals surface area contributed by atoms with Crippen LogP contribution >= 0.6 is 0 Å². The van der Waals surface area contributed by atoms with Gasteiger partial charge < -0.3 is 24.4 Å². The maximum atomic E-state index is 13.9. The second-order valence-corrected chi connectivity index (χ2v) is 8.66. The first-order valence-electron chi connectivity index (χ1n) is 11.0. The minimum atomic E-state index is -2.13. The van der Waals surface area contributed by atoms with E-state index in [1.807, 2.05) is 0 Å². The molecular formula is C23H26N2O9. The molecule has 11 nitrogen and oxygen atoms in total. The molecule has 11 heteroatoms. The number of aliphatic hydroxyl groups excluding tert-OH is 1. The zero-order valence-corrected chi connectivity index (χ0v) is 19.0. The number of allylic oxidation sites excluding steroid dienone is 1. The number of carbonyl (C=O) groups excluding carboxylic acids is 2. The Kier molecular flexibility index (Phi) is 6.38. The van der Waals surface area contributed by atoms with E-state index < -0.39 is 59.0 Å². The van der Waals surface area contributed by atoms with Crippen LogP contribution < -0.4 is 0 Å². The van der Waals surface area contributed by atoms with E-state index in [4.69, 9.17) is 14.2 Å². The van der Waals surface area contributed by atoms with E-state index in [0.717, 1.165) is 0 Å². The molecule has 1 aromatic rings. The predicted octanol–water partition coefficient (Wildman–Crippen LogP) is 1.06. The van der Waals surface area contributed by atoms with Gasteiger partial charge in [-0.15, -0.1) is 0 Å². The summed E-state index contributed by atoms with van der Waals surface area (Å²) < 4.78 is 16.2. The molecule has 34 heavy (non-hydrogen) atoms. The van der Waals surface area contributed by atoms with Gasteiger partial charge in [0.2, 0.25) is 0 Å². The molecule has 6 atom stereocenters. The highest BCUT2D eigenvalue weighted by Crippen LogP contribution is 2.45. The van der Waals surface area contributed by atoms with E-state index in [2.05, 4.69) is 4.99 Å². The van der Waals surface area contributed by atoms with Gasteiger partial charge in [-0.2, -0.15) is 0 Å². The van der Waals surface area contributed by atoms with E-state index in [-0.39, 0.29) is 30.2 Å². The quantitative estimate of drug-likeness (QED) is 0.349. The Bertz CT molecular complexity index is 1100. The summed E-state index contributed by atoms with van der Waals surface area (Å²) in [5.41, 5.74) is -1.36. The van der Waals surface area contributed by atoms with Crippen LogP contribution in [0.3, 0.4) is 0 Å². The van der Waals surface area contributed by atoms with E-state index in [9.17, 15) is 29.9 Å². The summed E-state index contributed by atoms with van der Waals surface area (Å²) in [6, 6.07) is 5.65. The van der Waals surface area contributed by atoms with Crippen LogP contribution in [-0.4, -0.2) is 76.3 Å². The Hall–Kier alpha value is -2.99. The van der Waals surface area contributed by atoms with Crippen LogP contribution in [0, 0.1) is 16.0 Å². The first kappa shape index (κ1) is 24.1. The largest absolute Gasteiger partial charge is 0.465 e. The molecule has 2 saturated heterocycles. The molecule has 4 rings (SSSR count). The van der Waals surface area contributed by atoms with Crippen LogP contribution in [0.2, 0.25) is 0 Å². The zero-order valence-electron chi connectivity index (χ0n) is 19.0. The van der Waals surface area contributed by atoms with Gasteiger partial charge in [0.1, 0.15) is 24.2 Å². The standard InChI is InChI=1S/C23H26N2O9/c1-4-32-22(28)17-12(3)24-11(2)16(18(17)13-6-5-7-14(8-13)25(30)31)20(27)23(29)10-34-19-15(26)9-33-21(19)23/h5-8,15,17-19,21,26,29H,4,9-10H2,1-3H3/t15-,17?,18?,19+,21-,23-/m0/s1. The molecule has 3 aliphatic rings. The first-order valence-corrected chi connectivity index (χ1v) is 11.0. The summed E-state index contributed by atoms with van der Waals surface area (Å²) in [7, 11) is 0. The number of non-ortho nitro benzene ring substituents is 1. The van der Waals surface area contributed by atoms with Crippen molar-refractivity contribution in [1.82, 2.24) is 0 Å². The van der Waals surface area contributed by atoms with Gasteiger partial charge in [-0.25, -0.2) is 0 Å². The van der Waals surface area contributed by atoms with Crippen molar-refractivity contribution in [2.75, 3.05) is 19.8 Å². The first-order chi connectivity index (χ1) is 16.1. The fourth-order valence-corrected chi connectivity index (χ4v) is 5.00. The Labute approximate surface area is 195 Å². The Morgan fingerprint density at radius 3 is 2.74 bits per heavy atom. The summed E-state index contributed by atoms with van der Waals surface area (Å²) in [4.78, 5) is 42.2. The topological polar surface area (TPSA) is 158 Å². The lowest BCUT2D eigenvalue weighted by molar-refractivity contribution is -0.384. The monoisotopic (exact) mass is 474 g/mol. The molecule has 3 heterocycles. The number of ketones is 1. The van der Waals surface area contributed by atoms with E-state index >= 15 is 0 Å². The van der Waals surface area contributed by atoms with Gasteiger partial charge in [0.15, 0.2) is 11.4 Å². The smallest absolute Gasteiger partial charge is 0.315 e. The third-order valence-electron chi connectivity index (χ3n) is 6.54. The molecule has 3 aliphatic heterocycles. The van der Waals surface area contributed by atoms with Gasteiger partial charge in [0.05, 0.1) is 24.7 Å². The van der Waals surface area contributed by atoms with Gasteiger partial charge in [0.25, 0.3) is 5.69 Å². The highest BCUT2D eigenvalue weighted by Gasteiger charge is 2.61. The number of nitrogens with zero attached hydrogens (tertiary/aromatic N) is 2. The minimum Gasteiger partial charge on any atom is -0.465 e. The second-order valence-electron chi connectivity index (χ2n) is 8.66. The van der Waals surface area contributed by atoms with Crippen molar-refractivity contribution in [3.8, 4) is 0 Å². The molecule has 0 aliphatic carbocycles. The number of esters is 1. The number of hydrogen-bond donors (Lipinski definition) is 2. The van der Waals surface area contributed by atoms with Gasteiger partial charge in [-0.3, -0.25) is 24.7 Å². The van der Waals surface area contributed by atoms with Crippen LogP contribution in [0.15, 0.2) is 40.5 Å². The molecule has 0 radical (unpaired) electrons. The van der Waals surface area contributed by atoms with E-state index in [1.165, 1.54) is 18.2 Å². The van der Waals surface area contributed by atoms with Gasteiger partial charge in [-0.05, 0) is 26.3 Å². The molecular weight excluding hydrogens is 448 g/mol. The molecule has 1 aromatic carbocycles. The lowest BCUT2D eigenvalue weighted by Gasteiger charge is -2.35. The molecule has 2 N–H and O–H groups in total. The van der Waals surface area contributed by atoms with Crippen molar-refractivity contribution in [2.24, 2.45) is 10.9 Å². The number of aliphatic imine (C=N–C) groups is 1. The number of Topliss-reactive ketones (excluding diaryl/α,β-unsaturated/α-hetero) is 1. The fraction of sp³-hybridized carbons (Fsp3) is 0.522. The summed E-state index contributed by atoms with van der Waals surface area (Å²) in [5, 5.41) is 32.9. The number of benzene rings is 1. The normalized spacial score (nSPS) is 32.9. The number of nitro benzene ring substituents is 1. The van der Waals surface area contributed by atoms with Gasteiger partial charge in [-0.1, -0.05) is 12.1 Å². The summed E-state index contributed by atoms with van der Waals surface area (Å²) in [5.74, 6) is -3.45. The van der Waals surface area contributed by atoms with Crippen molar-refractivity contribution in [3.05, 3.63) is 51.2 Å². The number of aliphatic hydroxyl groups is 2. The average molecular weight is 474 g/mol. The third kappa shape index (κ3) is 3.84. The molecule has 2 fully saturated rings. The average Bonchev–Trinajstić information content (AvgIpc) is 3.34. The molecule has 0 aromatic heterocycles. The fourth-order valence-electron chi connectivity index (χ4n) is 5.00. The molecule has 0 spiro atoms. The molecule has 0 bridgehead atoms. The van der Waals surface area contributed by atoms with Crippen molar-refractivity contribution in [3.63, 3.8) is 0 Å². The van der Waals surface area contributed by atoms with Crippen molar-refractivity contribution in [1.29, 1.82) is 0 Å². The highest BCUT2D eigenvalue weighted by molar-refractivity contribution is 6.11. The van der Waals surface area contributed by atoms with Gasteiger partial charge in [0, 0.05) is 35.0 Å². The minimum absolute atomic E-state index is 0.0147. The third-order valence-corrected chi connectivity index (χ3v) is 6.54. The molecule has 2 unspecified atom stereocenters. The number of nitro groups is 1. The summed E-state index contributed by atoms with van der Waals surface area (Å²) in [6.07, 6.45) is -2.97. The van der Waals surface area contributed by atoms with Crippen LogP contribution in [0.1, 0.15) is 32.3 Å². The summed E-state index contributed by atoms with van der Waals surface area (Å²) >= 11 is 0. The molecule has 0 saturated carbocycles. The molecule has 0 amide bonds. The lowest BCUT2D eigenvalue weighted by Crippen LogP contribution is -2.53.